The molecule has 1 atom stereocenters. The zero-order chi connectivity index (χ0) is 16.0. The Kier molecular flexibility index (Phi) is 6.15. The molecule has 0 saturated heterocycles. The molecule has 7 heteroatoms. The quantitative estimate of drug-likeness (QED) is 0.611. The lowest BCUT2D eigenvalue weighted by molar-refractivity contribution is 0.0902. The second-order valence-electron chi connectivity index (χ2n) is 4.62. The normalized spacial score (nSPS) is 12.9. The Morgan fingerprint density at radius 1 is 1.14 bits per heavy atom. The summed E-state index contributed by atoms with van der Waals surface area (Å²) in [6, 6.07) is 13.0. The van der Waals surface area contributed by atoms with Crippen molar-refractivity contribution in [2.45, 2.75) is 16.4 Å². The van der Waals surface area contributed by atoms with Crippen molar-refractivity contribution in [2.24, 2.45) is 0 Å². The van der Waals surface area contributed by atoms with Crippen LogP contribution in [0.5, 0.6) is 0 Å². The van der Waals surface area contributed by atoms with Crippen molar-refractivity contribution in [3.63, 3.8) is 0 Å². The van der Waals surface area contributed by atoms with E-state index in [2.05, 4.69) is 10.6 Å². The highest BCUT2D eigenvalue weighted by Gasteiger charge is 2.34. The molecular weight excluding hydrogens is 347 g/mol. The molecule has 0 bridgehead atoms. The molecule has 2 N–H and O–H groups in total. The van der Waals surface area contributed by atoms with Gasteiger partial charge in [0, 0.05) is 6.54 Å². The number of nitrogens with one attached hydrogen (secondary N) is 2. The lowest BCUT2D eigenvalue weighted by Gasteiger charge is -2.26. The summed E-state index contributed by atoms with van der Waals surface area (Å²) in [5.41, 5.74) is 1.15. The van der Waals surface area contributed by atoms with Crippen molar-refractivity contribution >= 4 is 40.7 Å². The summed E-state index contributed by atoms with van der Waals surface area (Å²) in [6.45, 7) is 0.543. The lowest BCUT2D eigenvalue weighted by atomic mass is 10.1. The number of benzene rings is 1. The van der Waals surface area contributed by atoms with Crippen LogP contribution in [0.25, 0.3) is 0 Å². The third kappa shape index (κ3) is 5.21. The second-order valence-corrected chi connectivity index (χ2v) is 6.98. The largest absolute Gasteiger partial charge is 0.459 e. The average molecular weight is 362 g/mol. The highest BCUT2D eigenvalue weighted by molar-refractivity contribution is 6.68. The number of carbonyl (C=O) groups is 1. The first-order valence-corrected chi connectivity index (χ1v) is 7.78. The minimum Gasteiger partial charge on any atom is -0.459 e. The molecule has 0 unspecified atom stereocenters. The van der Waals surface area contributed by atoms with Crippen LogP contribution in [0.1, 0.15) is 16.1 Å². The van der Waals surface area contributed by atoms with Gasteiger partial charge in [-0.15, -0.1) is 0 Å². The summed E-state index contributed by atoms with van der Waals surface area (Å²) < 4.78 is 3.33. The Morgan fingerprint density at radius 2 is 1.86 bits per heavy atom. The first-order valence-electron chi connectivity index (χ1n) is 6.65. The first kappa shape index (κ1) is 17.2. The molecule has 0 aliphatic rings. The number of alkyl halides is 3. The maximum absolute atomic E-state index is 12.0. The van der Waals surface area contributed by atoms with E-state index < -0.39 is 15.9 Å². The molecule has 2 rings (SSSR count). The van der Waals surface area contributed by atoms with Crippen LogP contribution in [-0.4, -0.2) is 22.4 Å². The van der Waals surface area contributed by atoms with Crippen LogP contribution in [-0.2, 0) is 6.42 Å². The fraction of sp³-hybridized carbons (Fsp3) is 0.267. The van der Waals surface area contributed by atoms with Crippen LogP contribution < -0.4 is 10.6 Å². The van der Waals surface area contributed by atoms with E-state index in [4.69, 9.17) is 39.2 Å². The molecule has 4 nitrogen and oxygen atoms in total. The second kappa shape index (κ2) is 7.88. The molecule has 1 aromatic carbocycles. The molecule has 0 aliphatic heterocycles. The molecule has 0 saturated carbocycles. The lowest BCUT2D eigenvalue weighted by Crippen LogP contribution is -2.53. The number of hydrogen-bond donors (Lipinski definition) is 2. The number of rotatable bonds is 6. The Morgan fingerprint density at radius 3 is 2.45 bits per heavy atom. The molecule has 1 aromatic heterocycles. The van der Waals surface area contributed by atoms with Crippen LogP contribution >= 0.6 is 34.8 Å². The predicted octanol–water partition coefficient (Wildman–Crippen LogP) is 3.54. The third-order valence-electron chi connectivity index (χ3n) is 2.95. The summed E-state index contributed by atoms with van der Waals surface area (Å²) in [5, 5.41) is 5.64. The molecule has 22 heavy (non-hydrogen) atoms. The summed E-state index contributed by atoms with van der Waals surface area (Å²) in [7, 11) is 0. The zero-order valence-corrected chi connectivity index (χ0v) is 13.8. The first-order chi connectivity index (χ1) is 10.5. The SMILES string of the molecule is O=C(N[C@H](NCCc1ccccc1)C(Cl)(Cl)Cl)c1ccco1. The van der Waals surface area contributed by atoms with Gasteiger partial charge < -0.3 is 9.73 Å². The van der Waals surface area contributed by atoms with Gasteiger partial charge in [-0.2, -0.15) is 0 Å². The zero-order valence-electron chi connectivity index (χ0n) is 11.6. The molecule has 1 amide bonds. The van der Waals surface area contributed by atoms with Gasteiger partial charge in [0.05, 0.1) is 6.26 Å². The summed E-state index contributed by atoms with van der Waals surface area (Å²) >= 11 is 17.7. The molecule has 118 valence electrons. The Labute approximate surface area is 143 Å². The monoisotopic (exact) mass is 360 g/mol. The fourth-order valence-electron chi connectivity index (χ4n) is 1.86. The van der Waals surface area contributed by atoms with Gasteiger partial charge in [-0.3, -0.25) is 10.1 Å². The number of carbonyl (C=O) groups excluding carboxylic acids is 1. The van der Waals surface area contributed by atoms with E-state index in [1.807, 2.05) is 30.3 Å². The Hall–Kier alpha value is -1.20. The molecule has 0 radical (unpaired) electrons. The van der Waals surface area contributed by atoms with E-state index >= 15 is 0 Å². The van der Waals surface area contributed by atoms with Gasteiger partial charge in [0.2, 0.25) is 3.79 Å². The van der Waals surface area contributed by atoms with E-state index in [9.17, 15) is 4.79 Å². The molecule has 0 fully saturated rings. The van der Waals surface area contributed by atoms with Gasteiger partial charge >= 0.3 is 0 Å². The van der Waals surface area contributed by atoms with Crippen molar-refractivity contribution in [3.8, 4) is 0 Å². The van der Waals surface area contributed by atoms with E-state index in [0.29, 0.717) is 6.54 Å². The topological polar surface area (TPSA) is 54.3 Å². The minimum atomic E-state index is -1.68. The molecule has 1 heterocycles. The van der Waals surface area contributed by atoms with Crippen molar-refractivity contribution < 1.29 is 9.21 Å². The van der Waals surface area contributed by atoms with Crippen LogP contribution in [0, 0.1) is 0 Å². The molecule has 0 aliphatic carbocycles. The van der Waals surface area contributed by atoms with E-state index in [1.165, 1.54) is 12.3 Å². The van der Waals surface area contributed by atoms with Crippen LogP contribution in [0.15, 0.2) is 53.1 Å². The number of hydrogen-bond acceptors (Lipinski definition) is 3. The van der Waals surface area contributed by atoms with Gasteiger partial charge in [-0.05, 0) is 24.1 Å². The molecule has 2 aromatic rings. The molecular formula is C15H15Cl3N2O2. The van der Waals surface area contributed by atoms with Gasteiger partial charge in [-0.25, -0.2) is 0 Å². The predicted molar refractivity (Wildman–Crippen MR) is 88.4 cm³/mol. The summed E-state index contributed by atoms with van der Waals surface area (Å²) in [5.74, 6) is -0.294. The van der Waals surface area contributed by atoms with E-state index in [1.54, 1.807) is 6.07 Å². The van der Waals surface area contributed by atoms with Crippen molar-refractivity contribution in [2.75, 3.05) is 6.54 Å². The standard InChI is InChI=1S/C15H15Cl3N2O2/c16-15(17,18)14(20-13(21)12-7-4-10-22-12)19-9-8-11-5-2-1-3-6-11/h1-7,10,14,19H,8-9H2,(H,20,21)/t14-/m0/s1. The van der Waals surface area contributed by atoms with Crippen LogP contribution in [0.2, 0.25) is 0 Å². The smallest absolute Gasteiger partial charge is 0.288 e. The van der Waals surface area contributed by atoms with Crippen LogP contribution in [0.4, 0.5) is 0 Å². The minimum absolute atomic E-state index is 0.157. The van der Waals surface area contributed by atoms with E-state index in [0.717, 1.165) is 12.0 Å². The Bertz CT molecular complexity index is 583. The number of halogens is 3. The van der Waals surface area contributed by atoms with Crippen LogP contribution in [0.3, 0.4) is 0 Å². The van der Waals surface area contributed by atoms with Gasteiger partial charge in [-0.1, -0.05) is 65.1 Å². The molecule has 0 spiro atoms. The average Bonchev–Trinajstić information content (AvgIpc) is 3.00. The summed E-state index contributed by atoms with van der Waals surface area (Å²) in [4.78, 5) is 12.0. The van der Waals surface area contributed by atoms with Gasteiger partial charge in [0.15, 0.2) is 5.76 Å². The van der Waals surface area contributed by atoms with E-state index in [-0.39, 0.29) is 5.76 Å². The Balaban J connectivity index is 1.91. The highest BCUT2D eigenvalue weighted by atomic mass is 35.6. The number of amides is 1. The van der Waals surface area contributed by atoms with Crippen molar-refractivity contribution in [1.29, 1.82) is 0 Å². The van der Waals surface area contributed by atoms with Crippen molar-refractivity contribution in [3.05, 3.63) is 60.1 Å². The fourth-order valence-corrected chi connectivity index (χ4v) is 2.26. The third-order valence-corrected chi connectivity index (χ3v) is 3.61. The highest BCUT2D eigenvalue weighted by Crippen LogP contribution is 2.29. The van der Waals surface area contributed by atoms with Gasteiger partial charge in [0.25, 0.3) is 5.91 Å². The van der Waals surface area contributed by atoms with Crippen molar-refractivity contribution in [1.82, 2.24) is 10.6 Å². The van der Waals surface area contributed by atoms with Gasteiger partial charge in [0.1, 0.15) is 6.17 Å². The maximum atomic E-state index is 12.0. The maximum Gasteiger partial charge on any atom is 0.288 e. The summed E-state index contributed by atoms with van der Waals surface area (Å²) in [6.07, 6.45) is 1.32. The number of furan rings is 1.